The lowest BCUT2D eigenvalue weighted by atomic mass is 9.62. The van der Waals surface area contributed by atoms with Gasteiger partial charge in [-0.05, 0) is 73.1 Å². The molecule has 3 aromatic carbocycles. The van der Waals surface area contributed by atoms with Crippen molar-refractivity contribution in [3.63, 3.8) is 0 Å². The van der Waals surface area contributed by atoms with Crippen molar-refractivity contribution in [3.8, 4) is 0 Å². The summed E-state index contributed by atoms with van der Waals surface area (Å²) in [6, 6.07) is 26.2. The zero-order valence-electron chi connectivity index (χ0n) is 19.7. The van der Waals surface area contributed by atoms with Gasteiger partial charge in [0.15, 0.2) is 0 Å². The van der Waals surface area contributed by atoms with E-state index in [0.717, 1.165) is 30.5 Å². The highest BCUT2D eigenvalue weighted by Crippen LogP contribution is 2.57. The van der Waals surface area contributed by atoms with Crippen molar-refractivity contribution in [1.29, 1.82) is 0 Å². The van der Waals surface area contributed by atoms with Crippen LogP contribution in [0.2, 0.25) is 5.02 Å². The predicted molar refractivity (Wildman–Crippen MR) is 138 cm³/mol. The normalized spacial score (nSPS) is 23.1. The summed E-state index contributed by atoms with van der Waals surface area (Å²) in [6.07, 6.45) is 4.08. The average molecular weight is 485 g/mol. The SMILES string of the molecule is O=C(C1CCc2ccccc2C1)N1CCC2(CC1)C(=O)N(c1ccccc1)C2c1ccc(Cl)cc1. The maximum atomic E-state index is 13.7. The van der Waals surface area contributed by atoms with Gasteiger partial charge in [-0.1, -0.05) is 66.2 Å². The molecule has 0 aromatic heterocycles. The maximum absolute atomic E-state index is 13.7. The van der Waals surface area contributed by atoms with Crippen LogP contribution in [0.3, 0.4) is 0 Å². The molecular formula is C30H29ClN2O2. The van der Waals surface area contributed by atoms with E-state index in [9.17, 15) is 9.59 Å². The second-order valence-corrected chi connectivity index (χ2v) is 10.6. The summed E-state index contributed by atoms with van der Waals surface area (Å²) < 4.78 is 0. The standard InChI is InChI=1S/C30H29ClN2O2/c31-25-14-12-22(13-15-25)27-30(29(35)33(27)26-8-2-1-3-9-26)16-18-32(19-17-30)28(34)24-11-10-21-6-4-5-7-23(21)20-24/h1-9,12-15,24,27H,10-11,16-20H2. The molecule has 0 radical (unpaired) electrons. The fourth-order valence-electron chi connectivity index (χ4n) is 6.40. The third-order valence-electron chi connectivity index (χ3n) is 8.31. The van der Waals surface area contributed by atoms with Crippen molar-refractivity contribution in [1.82, 2.24) is 4.90 Å². The molecule has 2 heterocycles. The van der Waals surface area contributed by atoms with Gasteiger partial charge in [-0.3, -0.25) is 9.59 Å². The number of benzene rings is 3. The van der Waals surface area contributed by atoms with E-state index in [0.29, 0.717) is 31.0 Å². The number of likely N-dealkylation sites (tertiary alicyclic amines) is 1. The third-order valence-corrected chi connectivity index (χ3v) is 8.56. The predicted octanol–water partition coefficient (Wildman–Crippen LogP) is 5.84. The number of aryl methyl sites for hydroxylation is 1. The summed E-state index contributed by atoms with van der Waals surface area (Å²) in [5.41, 5.74) is 4.23. The zero-order valence-corrected chi connectivity index (χ0v) is 20.5. The number of fused-ring (bicyclic) bond motifs is 1. The molecule has 2 atom stereocenters. The molecule has 0 saturated carbocycles. The Kier molecular flexibility index (Phi) is 5.64. The first-order chi connectivity index (χ1) is 17.1. The fourth-order valence-corrected chi connectivity index (χ4v) is 6.53. The van der Waals surface area contributed by atoms with E-state index in [1.807, 2.05) is 64.4 Å². The van der Waals surface area contributed by atoms with Crippen LogP contribution >= 0.6 is 11.6 Å². The summed E-state index contributed by atoms with van der Waals surface area (Å²) in [5, 5.41) is 0.689. The number of amides is 2. The molecule has 0 N–H and O–H groups in total. The van der Waals surface area contributed by atoms with Crippen molar-refractivity contribution in [3.05, 3.63) is 101 Å². The molecule has 1 spiro atoms. The number of anilines is 1. The van der Waals surface area contributed by atoms with Crippen molar-refractivity contribution >= 4 is 29.1 Å². The number of carbonyl (C=O) groups excluding carboxylic acids is 2. The van der Waals surface area contributed by atoms with Gasteiger partial charge in [0.2, 0.25) is 11.8 Å². The fraction of sp³-hybridized carbons (Fsp3) is 0.333. The van der Waals surface area contributed by atoms with E-state index in [-0.39, 0.29) is 23.8 Å². The van der Waals surface area contributed by atoms with E-state index < -0.39 is 5.41 Å². The minimum Gasteiger partial charge on any atom is -0.342 e. The quantitative estimate of drug-likeness (QED) is 0.438. The van der Waals surface area contributed by atoms with Crippen molar-refractivity contribution < 1.29 is 9.59 Å². The Bertz CT molecular complexity index is 1250. The Morgan fingerprint density at radius 3 is 2.23 bits per heavy atom. The van der Waals surface area contributed by atoms with Gasteiger partial charge < -0.3 is 9.80 Å². The molecule has 3 aliphatic rings. The van der Waals surface area contributed by atoms with Gasteiger partial charge in [0.1, 0.15) is 0 Å². The van der Waals surface area contributed by atoms with Crippen molar-refractivity contribution in [2.45, 2.75) is 38.1 Å². The first kappa shape index (κ1) is 22.4. The topological polar surface area (TPSA) is 40.6 Å². The zero-order chi connectivity index (χ0) is 24.0. The van der Waals surface area contributed by atoms with Crippen LogP contribution in [0.25, 0.3) is 0 Å². The largest absolute Gasteiger partial charge is 0.342 e. The highest BCUT2D eigenvalue weighted by Gasteiger charge is 2.62. The molecule has 178 valence electrons. The second-order valence-electron chi connectivity index (χ2n) is 10.2. The minimum atomic E-state index is -0.473. The first-order valence-corrected chi connectivity index (χ1v) is 12.9. The van der Waals surface area contributed by atoms with E-state index in [1.54, 1.807) is 0 Å². The maximum Gasteiger partial charge on any atom is 0.236 e. The number of hydrogen-bond donors (Lipinski definition) is 0. The van der Waals surface area contributed by atoms with E-state index >= 15 is 0 Å². The highest BCUT2D eigenvalue weighted by atomic mass is 35.5. The smallest absolute Gasteiger partial charge is 0.236 e. The van der Waals surface area contributed by atoms with Crippen LogP contribution in [0.15, 0.2) is 78.9 Å². The Labute approximate surface area is 211 Å². The van der Waals surface area contributed by atoms with Gasteiger partial charge in [0.05, 0.1) is 11.5 Å². The molecule has 6 rings (SSSR count). The number of hydrogen-bond acceptors (Lipinski definition) is 2. The average Bonchev–Trinajstić information content (AvgIpc) is 2.92. The molecule has 2 saturated heterocycles. The lowest BCUT2D eigenvalue weighted by Gasteiger charge is -2.59. The van der Waals surface area contributed by atoms with Gasteiger partial charge in [0.25, 0.3) is 0 Å². The number of halogens is 1. The van der Waals surface area contributed by atoms with Gasteiger partial charge in [0, 0.05) is 29.7 Å². The molecule has 0 bridgehead atoms. The first-order valence-electron chi connectivity index (χ1n) is 12.6. The molecule has 5 heteroatoms. The van der Waals surface area contributed by atoms with Crippen LogP contribution in [0, 0.1) is 11.3 Å². The molecule has 2 aliphatic heterocycles. The molecule has 2 fully saturated rings. The lowest BCUT2D eigenvalue weighted by Crippen LogP contribution is -2.67. The van der Waals surface area contributed by atoms with Crippen molar-refractivity contribution in [2.75, 3.05) is 18.0 Å². The highest BCUT2D eigenvalue weighted by molar-refractivity contribution is 6.30. The van der Waals surface area contributed by atoms with Crippen LogP contribution < -0.4 is 4.90 Å². The van der Waals surface area contributed by atoms with Gasteiger partial charge in [-0.15, -0.1) is 0 Å². The number of para-hydroxylation sites is 1. The number of β-lactam (4-membered cyclic amide) rings is 1. The van der Waals surface area contributed by atoms with Crippen LogP contribution in [-0.2, 0) is 22.4 Å². The molecule has 2 amide bonds. The van der Waals surface area contributed by atoms with Crippen molar-refractivity contribution in [2.24, 2.45) is 11.3 Å². The summed E-state index contributed by atoms with van der Waals surface area (Å²) in [7, 11) is 0. The number of rotatable bonds is 3. The Hall–Kier alpha value is -3.11. The van der Waals surface area contributed by atoms with Crippen LogP contribution in [0.4, 0.5) is 5.69 Å². The molecule has 35 heavy (non-hydrogen) atoms. The van der Waals surface area contributed by atoms with Gasteiger partial charge in [-0.2, -0.15) is 0 Å². The molecule has 3 aromatic rings. The Balaban J connectivity index is 1.22. The molecule has 2 unspecified atom stereocenters. The van der Waals surface area contributed by atoms with Crippen LogP contribution in [-0.4, -0.2) is 29.8 Å². The van der Waals surface area contributed by atoms with Crippen LogP contribution in [0.5, 0.6) is 0 Å². The second kappa shape index (κ2) is 8.83. The number of piperidine rings is 1. The Morgan fingerprint density at radius 1 is 0.857 bits per heavy atom. The van der Waals surface area contributed by atoms with Crippen LogP contribution in [0.1, 0.15) is 42.0 Å². The number of nitrogens with zero attached hydrogens (tertiary/aromatic N) is 2. The summed E-state index contributed by atoms with van der Waals surface area (Å²) in [6.45, 7) is 1.27. The molecule has 4 nitrogen and oxygen atoms in total. The van der Waals surface area contributed by atoms with Gasteiger partial charge >= 0.3 is 0 Å². The summed E-state index contributed by atoms with van der Waals surface area (Å²) in [4.78, 5) is 31.1. The monoisotopic (exact) mass is 484 g/mol. The molecular weight excluding hydrogens is 456 g/mol. The lowest BCUT2D eigenvalue weighted by molar-refractivity contribution is -0.150. The Morgan fingerprint density at radius 2 is 1.51 bits per heavy atom. The van der Waals surface area contributed by atoms with E-state index in [2.05, 4.69) is 24.3 Å². The summed E-state index contributed by atoms with van der Waals surface area (Å²) in [5.74, 6) is 0.468. The van der Waals surface area contributed by atoms with Gasteiger partial charge in [-0.25, -0.2) is 0 Å². The number of carbonyl (C=O) groups is 2. The van der Waals surface area contributed by atoms with E-state index in [4.69, 9.17) is 11.6 Å². The molecule has 1 aliphatic carbocycles. The third kappa shape index (κ3) is 3.75. The minimum absolute atomic E-state index is 0.0453. The van der Waals surface area contributed by atoms with E-state index in [1.165, 1.54) is 11.1 Å². The summed E-state index contributed by atoms with van der Waals surface area (Å²) >= 11 is 6.17.